The molecule has 3 heterocycles. The van der Waals surface area contributed by atoms with E-state index in [1.807, 2.05) is 65.8 Å². The number of fused-ring (bicyclic) bond motifs is 1. The second kappa shape index (κ2) is 11.6. The van der Waals surface area contributed by atoms with Crippen LogP contribution in [0.5, 0.6) is 0 Å². The van der Waals surface area contributed by atoms with Crippen molar-refractivity contribution in [2.24, 2.45) is 0 Å². The van der Waals surface area contributed by atoms with Gasteiger partial charge in [-0.3, -0.25) is 4.79 Å². The Balaban J connectivity index is 1.38. The molecule has 0 bridgehead atoms. The first-order valence-corrected chi connectivity index (χ1v) is 13.5. The number of nitrogens with zero attached hydrogens (tertiary/aromatic N) is 3. The molecule has 5 rings (SSSR count). The van der Waals surface area contributed by atoms with E-state index in [1.54, 1.807) is 0 Å². The zero-order valence-corrected chi connectivity index (χ0v) is 22.6. The van der Waals surface area contributed by atoms with Gasteiger partial charge in [0.25, 0.3) is 0 Å². The van der Waals surface area contributed by atoms with Crippen LogP contribution in [0.1, 0.15) is 30.9 Å². The highest BCUT2D eigenvalue weighted by Crippen LogP contribution is 2.37. The third-order valence-electron chi connectivity index (χ3n) is 7.21. The molecule has 3 N–H and O–H groups in total. The van der Waals surface area contributed by atoms with Crippen molar-refractivity contribution in [3.63, 3.8) is 0 Å². The molecule has 8 heteroatoms. The average molecular weight is 532 g/mol. The van der Waals surface area contributed by atoms with Gasteiger partial charge in [-0.15, -0.1) is 0 Å². The van der Waals surface area contributed by atoms with Crippen LogP contribution in [-0.2, 0) is 11.4 Å². The number of carbonyl (C=O) groups excluding carboxylic acids is 1. The maximum Gasteiger partial charge on any atom is 0.231 e. The number of aliphatic hydroxyl groups excluding tert-OH is 1. The number of hydrogen-bond donors (Lipinski definition) is 3. The number of pyridine rings is 1. The van der Waals surface area contributed by atoms with E-state index in [0.717, 1.165) is 52.1 Å². The Bertz CT molecular complexity index is 1380. The van der Waals surface area contributed by atoms with Gasteiger partial charge in [0.15, 0.2) is 0 Å². The fraction of sp³-hybridized carbons (Fsp3) is 0.333. The number of aliphatic hydroxyl groups is 1. The number of nitrogens with one attached hydrogen (secondary N) is 2. The predicted molar refractivity (Wildman–Crippen MR) is 154 cm³/mol. The molecule has 198 valence electrons. The summed E-state index contributed by atoms with van der Waals surface area (Å²) in [4.78, 5) is 26.0. The topological polar surface area (TPSA) is 84.5 Å². The Kier molecular flexibility index (Phi) is 7.98. The van der Waals surface area contributed by atoms with E-state index < -0.39 is 0 Å². The van der Waals surface area contributed by atoms with Gasteiger partial charge in [0.05, 0.1) is 18.2 Å². The number of aromatic amines is 1. The Morgan fingerprint density at radius 3 is 2.42 bits per heavy atom. The van der Waals surface area contributed by atoms with Crippen molar-refractivity contribution < 1.29 is 9.90 Å². The van der Waals surface area contributed by atoms with Crippen LogP contribution in [0.15, 0.2) is 67.0 Å². The lowest BCUT2D eigenvalue weighted by Gasteiger charge is -2.38. The first-order valence-electron chi connectivity index (χ1n) is 13.1. The van der Waals surface area contributed by atoms with Crippen molar-refractivity contribution in [3.05, 3.63) is 83.1 Å². The summed E-state index contributed by atoms with van der Waals surface area (Å²) in [6, 6.07) is 17.9. The highest BCUT2D eigenvalue weighted by Gasteiger charge is 2.30. The SMILES string of the molecule is CC(C)NC[C@@H](C(=O)N1CCN(c2c(-c3ccc(CO)cc3)cnc3[nH]ccc23)CC1)c1ccc(Cl)cc1. The molecule has 0 aliphatic carbocycles. The summed E-state index contributed by atoms with van der Waals surface area (Å²) in [6.45, 7) is 7.51. The molecule has 1 aliphatic rings. The zero-order valence-electron chi connectivity index (χ0n) is 21.8. The summed E-state index contributed by atoms with van der Waals surface area (Å²) in [5.74, 6) is -0.124. The molecule has 1 saturated heterocycles. The van der Waals surface area contributed by atoms with Crippen LogP contribution in [0.2, 0.25) is 5.02 Å². The molecule has 1 amide bonds. The van der Waals surface area contributed by atoms with Crippen LogP contribution < -0.4 is 10.2 Å². The van der Waals surface area contributed by atoms with E-state index in [1.165, 1.54) is 0 Å². The number of halogens is 1. The minimum absolute atomic E-state index is 0.0158. The summed E-state index contributed by atoms with van der Waals surface area (Å²) in [5.41, 5.74) is 5.91. The monoisotopic (exact) mass is 531 g/mol. The first-order chi connectivity index (χ1) is 18.4. The van der Waals surface area contributed by atoms with Crippen molar-refractivity contribution in [1.29, 1.82) is 0 Å². The van der Waals surface area contributed by atoms with Crippen LogP contribution in [0, 0.1) is 0 Å². The maximum absolute atomic E-state index is 13.8. The number of H-pyrrole nitrogens is 1. The van der Waals surface area contributed by atoms with Gasteiger partial charge in [0.2, 0.25) is 5.91 Å². The van der Waals surface area contributed by atoms with Gasteiger partial charge < -0.3 is 25.2 Å². The van der Waals surface area contributed by atoms with E-state index >= 15 is 0 Å². The summed E-state index contributed by atoms with van der Waals surface area (Å²) >= 11 is 6.12. The van der Waals surface area contributed by atoms with Gasteiger partial charge in [-0.05, 0) is 34.9 Å². The molecule has 1 fully saturated rings. The first kappa shape index (κ1) is 26.2. The summed E-state index contributed by atoms with van der Waals surface area (Å²) < 4.78 is 0. The molecular formula is C30H34ClN5O2. The maximum atomic E-state index is 13.8. The number of carbonyl (C=O) groups is 1. The minimum atomic E-state index is -0.265. The van der Waals surface area contributed by atoms with Crippen molar-refractivity contribution in [2.45, 2.75) is 32.4 Å². The van der Waals surface area contributed by atoms with E-state index in [9.17, 15) is 9.90 Å². The fourth-order valence-corrected chi connectivity index (χ4v) is 5.23. The smallest absolute Gasteiger partial charge is 0.231 e. The van der Waals surface area contributed by atoms with Crippen LogP contribution >= 0.6 is 11.6 Å². The second-order valence-electron chi connectivity index (χ2n) is 10.1. The Morgan fingerprint density at radius 2 is 1.76 bits per heavy atom. The quantitative estimate of drug-likeness (QED) is 0.304. The Labute approximate surface area is 228 Å². The number of anilines is 1. The third kappa shape index (κ3) is 5.55. The van der Waals surface area contributed by atoms with Crippen LogP contribution in [0.4, 0.5) is 5.69 Å². The van der Waals surface area contributed by atoms with E-state index in [0.29, 0.717) is 24.7 Å². The molecule has 0 unspecified atom stereocenters. The van der Waals surface area contributed by atoms with Gasteiger partial charge in [-0.2, -0.15) is 0 Å². The van der Waals surface area contributed by atoms with Gasteiger partial charge in [0.1, 0.15) is 5.65 Å². The molecular weight excluding hydrogens is 498 g/mol. The third-order valence-corrected chi connectivity index (χ3v) is 7.47. The molecule has 0 radical (unpaired) electrons. The lowest BCUT2D eigenvalue weighted by atomic mass is 9.96. The number of rotatable bonds is 8. The highest BCUT2D eigenvalue weighted by molar-refractivity contribution is 6.30. The van der Waals surface area contributed by atoms with E-state index in [2.05, 4.69) is 40.1 Å². The normalized spacial score (nSPS) is 14.9. The molecule has 0 spiro atoms. The van der Waals surface area contributed by atoms with Gasteiger partial charge in [-0.25, -0.2) is 4.98 Å². The number of amides is 1. The lowest BCUT2D eigenvalue weighted by molar-refractivity contribution is -0.133. The molecule has 2 aromatic heterocycles. The highest BCUT2D eigenvalue weighted by atomic mass is 35.5. The molecule has 4 aromatic rings. The molecule has 0 saturated carbocycles. The predicted octanol–water partition coefficient (Wildman–Crippen LogP) is 4.81. The number of hydrogen-bond acceptors (Lipinski definition) is 5. The fourth-order valence-electron chi connectivity index (χ4n) is 5.10. The van der Waals surface area contributed by atoms with Crippen molar-refractivity contribution in [1.82, 2.24) is 20.2 Å². The van der Waals surface area contributed by atoms with E-state index in [4.69, 9.17) is 11.6 Å². The summed E-state index contributed by atoms with van der Waals surface area (Å²) in [7, 11) is 0. The van der Waals surface area contributed by atoms with E-state index in [-0.39, 0.29) is 24.5 Å². The number of piperazine rings is 1. The van der Waals surface area contributed by atoms with Crippen LogP contribution in [0.3, 0.4) is 0 Å². The van der Waals surface area contributed by atoms with Crippen LogP contribution in [-0.4, -0.2) is 64.6 Å². The standard InChI is InChI=1S/C30H34ClN5O2/c1-20(2)33-18-27(23-7-9-24(31)10-8-23)30(38)36-15-13-35(14-16-36)28-25-11-12-32-29(25)34-17-26(28)22-5-3-21(19-37)4-6-22/h3-12,17,20,27,33,37H,13-16,18-19H2,1-2H3,(H,32,34)/t27-/m1/s1. The zero-order chi connectivity index (χ0) is 26.6. The van der Waals surface area contributed by atoms with Crippen molar-refractivity contribution in [3.8, 4) is 11.1 Å². The number of benzene rings is 2. The molecule has 1 aliphatic heterocycles. The minimum Gasteiger partial charge on any atom is -0.392 e. The molecule has 38 heavy (non-hydrogen) atoms. The average Bonchev–Trinajstić information content (AvgIpc) is 3.42. The van der Waals surface area contributed by atoms with Crippen LogP contribution in [0.25, 0.3) is 22.2 Å². The molecule has 2 aromatic carbocycles. The molecule has 7 nitrogen and oxygen atoms in total. The second-order valence-corrected chi connectivity index (χ2v) is 10.5. The Morgan fingerprint density at radius 1 is 1.05 bits per heavy atom. The van der Waals surface area contributed by atoms with Crippen molar-refractivity contribution >= 4 is 34.2 Å². The summed E-state index contributed by atoms with van der Waals surface area (Å²) in [5, 5.41) is 14.6. The van der Waals surface area contributed by atoms with Gasteiger partial charge in [0, 0.05) is 67.1 Å². The lowest BCUT2D eigenvalue weighted by Crippen LogP contribution is -2.51. The summed E-state index contributed by atoms with van der Waals surface area (Å²) in [6.07, 6.45) is 3.83. The van der Waals surface area contributed by atoms with Gasteiger partial charge in [-0.1, -0.05) is 61.8 Å². The van der Waals surface area contributed by atoms with Gasteiger partial charge >= 0.3 is 0 Å². The van der Waals surface area contributed by atoms with Crippen molar-refractivity contribution in [2.75, 3.05) is 37.6 Å². The largest absolute Gasteiger partial charge is 0.392 e. The molecule has 1 atom stereocenters. The Hall–Kier alpha value is -3.39. The number of aromatic nitrogens is 2.